The summed E-state index contributed by atoms with van der Waals surface area (Å²) in [6, 6.07) is 19.1. The topological polar surface area (TPSA) is 87.1 Å². The number of Topliss-reactive ketones (excluding diaryl/α,β-unsaturated/α-hetero) is 1. The van der Waals surface area contributed by atoms with Crippen LogP contribution in [0.25, 0.3) is 0 Å². The normalized spacial score (nSPS) is 11.6. The van der Waals surface area contributed by atoms with Crippen LogP contribution in [0, 0.1) is 11.6 Å². The molecule has 0 saturated carbocycles. The molecular weight excluding hydrogens is 570 g/mol. The van der Waals surface area contributed by atoms with Gasteiger partial charge in [-0.2, -0.15) is 0 Å². The summed E-state index contributed by atoms with van der Waals surface area (Å²) in [7, 11) is 3.03. The van der Waals surface area contributed by atoms with Crippen LogP contribution in [0.4, 0.5) is 8.78 Å². The van der Waals surface area contributed by atoms with Crippen LogP contribution >= 0.6 is 0 Å². The first-order valence-corrected chi connectivity index (χ1v) is 13.9. The lowest BCUT2D eigenvalue weighted by atomic mass is 10.1. The Labute approximate surface area is 254 Å². The number of benzene rings is 3. The van der Waals surface area contributed by atoms with E-state index in [2.05, 4.69) is 0 Å². The zero-order valence-corrected chi connectivity index (χ0v) is 25.0. The summed E-state index contributed by atoms with van der Waals surface area (Å²) in [5.74, 6) is -2.42. The molecule has 0 aliphatic rings. The number of ketones is 1. The van der Waals surface area contributed by atoms with Crippen molar-refractivity contribution in [2.45, 2.75) is 46.2 Å². The fourth-order valence-electron chi connectivity index (χ4n) is 4.69. The van der Waals surface area contributed by atoms with Gasteiger partial charge in [0.05, 0.1) is 13.2 Å². The molecule has 230 valence electrons. The van der Waals surface area contributed by atoms with Crippen LogP contribution < -0.4 is 14.9 Å². The number of hydrogen-bond donors (Lipinski definition) is 0. The summed E-state index contributed by atoms with van der Waals surface area (Å²) < 4.78 is 46.5. The molecule has 1 heterocycles. The summed E-state index contributed by atoms with van der Waals surface area (Å²) in [4.78, 5) is 42.3. The first-order chi connectivity index (χ1) is 21.1. The smallest absolute Gasteiger partial charge is 0.260 e. The molecule has 0 saturated heterocycles. The Morgan fingerprint density at radius 2 is 1.64 bits per heavy atom. The van der Waals surface area contributed by atoms with Crippen molar-refractivity contribution >= 4 is 11.7 Å². The molecule has 1 unspecified atom stereocenters. The van der Waals surface area contributed by atoms with Gasteiger partial charge in [0.15, 0.2) is 11.5 Å². The van der Waals surface area contributed by atoms with E-state index in [1.54, 1.807) is 31.2 Å². The molecule has 0 aliphatic heterocycles. The van der Waals surface area contributed by atoms with E-state index in [0.717, 1.165) is 17.7 Å². The van der Waals surface area contributed by atoms with Crippen molar-refractivity contribution in [2.24, 2.45) is 0 Å². The van der Waals surface area contributed by atoms with E-state index >= 15 is 0 Å². The van der Waals surface area contributed by atoms with E-state index in [1.807, 2.05) is 30.3 Å². The number of rotatable bonds is 13. The third-order valence-electron chi connectivity index (χ3n) is 7.08. The molecule has 0 bridgehead atoms. The lowest BCUT2D eigenvalue weighted by Crippen LogP contribution is -2.36. The summed E-state index contributed by atoms with van der Waals surface area (Å²) in [5.41, 5.74) is 0.424. The molecule has 0 fully saturated rings. The van der Waals surface area contributed by atoms with Crippen LogP contribution in [-0.4, -0.2) is 41.5 Å². The Kier molecular flexibility index (Phi) is 10.6. The number of carbonyl (C=O) groups is 2. The van der Waals surface area contributed by atoms with Gasteiger partial charge in [-0.05, 0) is 36.2 Å². The van der Waals surface area contributed by atoms with Crippen molar-refractivity contribution in [3.63, 3.8) is 0 Å². The standard InChI is InChI=1S/C34H34F2N2O6/c1-22(42-3)17-37-20-29(32(40)33(31(37)23(2)39)44-21-25-8-6-5-7-9-25)34(41)38(18-24-10-14-28(43-4)15-11-24)19-26-12-13-27(35)16-30(26)36/h5-16,20,22H,17-19,21H2,1-4H3. The number of hydrogen-bond acceptors (Lipinski definition) is 6. The second-order valence-corrected chi connectivity index (χ2v) is 10.3. The Balaban J connectivity index is 1.83. The number of amides is 1. The van der Waals surface area contributed by atoms with Gasteiger partial charge in [0.25, 0.3) is 5.91 Å². The van der Waals surface area contributed by atoms with Crippen LogP contribution in [0.2, 0.25) is 0 Å². The molecule has 8 nitrogen and oxygen atoms in total. The summed E-state index contributed by atoms with van der Waals surface area (Å²) in [5, 5.41) is 0. The maximum atomic E-state index is 14.8. The molecule has 3 aromatic carbocycles. The summed E-state index contributed by atoms with van der Waals surface area (Å²) >= 11 is 0. The molecule has 10 heteroatoms. The Hall–Kier alpha value is -4.83. The van der Waals surface area contributed by atoms with Gasteiger partial charge in [-0.1, -0.05) is 48.5 Å². The number of halogens is 2. The highest BCUT2D eigenvalue weighted by Crippen LogP contribution is 2.23. The van der Waals surface area contributed by atoms with Gasteiger partial charge in [0.1, 0.15) is 35.2 Å². The minimum absolute atomic E-state index is 0.00216. The second kappa shape index (κ2) is 14.6. The lowest BCUT2D eigenvalue weighted by Gasteiger charge is -2.25. The molecule has 4 aromatic rings. The average Bonchev–Trinajstić information content (AvgIpc) is 3.02. The number of carbonyl (C=O) groups excluding carboxylic acids is 2. The maximum absolute atomic E-state index is 14.8. The van der Waals surface area contributed by atoms with Crippen LogP contribution in [-0.2, 0) is 31.0 Å². The molecule has 1 aromatic heterocycles. The number of methoxy groups -OCH3 is 2. The van der Waals surface area contributed by atoms with Crippen molar-refractivity contribution < 1.29 is 32.6 Å². The highest BCUT2D eigenvalue weighted by Gasteiger charge is 2.28. The van der Waals surface area contributed by atoms with Crippen LogP contribution in [0.3, 0.4) is 0 Å². The third kappa shape index (κ3) is 7.76. The van der Waals surface area contributed by atoms with Gasteiger partial charge in [0, 0.05) is 51.5 Å². The second-order valence-electron chi connectivity index (χ2n) is 10.3. The van der Waals surface area contributed by atoms with Crippen LogP contribution in [0.15, 0.2) is 83.8 Å². The van der Waals surface area contributed by atoms with Gasteiger partial charge in [-0.3, -0.25) is 14.4 Å². The van der Waals surface area contributed by atoms with E-state index in [-0.39, 0.29) is 54.9 Å². The largest absolute Gasteiger partial charge is 0.497 e. The molecule has 0 radical (unpaired) electrons. The predicted octanol–water partition coefficient (Wildman–Crippen LogP) is 5.79. The van der Waals surface area contributed by atoms with Crippen molar-refractivity contribution in [3.8, 4) is 11.5 Å². The zero-order chi connectivity index (χ0) is 31.8. The molecule has 0 spiro atoms. The van der Waals surface area contributed by atoms with Crippen molar-refractivity contribution in [1.82, 2.24) is 9.47 Å². The SMILES string of the molecule is COc1ccc(CN(Cc2ccc(F)cc2F)C(=O)c2cn(CC(C)OC)c(C(C)=O)c(OCc3ccccc3)c2=O)cc1. The van der Waals surface area contributed by atoms with E-state index in [9.17, 15) is 23.2 Å². The van der Waals surface area contributed by atoms with E-state index < -0.39 is 28.8 Å². The zero-order valence-electron chi connectivity index (χ0n) is 25.0. The molecule has 4 rings (SSSR count). The Morgan fingerprint density at radius 1 is 0.932 bits per heavy atom. The molecule has 1 atom stereocenters. The fourth-order valence-corrected chi connectivity index (χ4v) is 4.69. The average molecular weight is 605 g/mol. The molecule has 0 N–H and O–H groups in total. The number of pyridine rings is 1. The Bertz CT molecular complexity index is 1670. The monoisotopic (exact) mass is 604 g/mol. The maximum Gasteiger partial charge on any atom is 0.260 e. The molecule has 0 aliphatic carbocycles. The van der Waals surface area contributed by atoms with Gasteiger partial charge >= 0.3 is 0 Å². The van der Waals surface area contributed by atoms with Gasteiger partial charge < -0.3 is 23.7 Å². The van der Waals surface area contributed by atoms with Crippen molar-refractivity contribution in [2.75, 3.05) is 14.2 Å². The van der Waals surface area contributed by atoms with Gasteiger partial charge in [-0.25, -0.2) is 8.78 Å². The molecule has 1 amide bonds. The number of ether oxygens (including phenoxy) is 3. The van der Waals surface area contributed by atoms with E-state index in [0.29, 0.717) is 11.3 Å². The number of nitrogens with zero attached hydrogens (tertiary/aromatic N) is 2. The fraction of sp³-hybridized carbons (Fsp3) is 0.265. The van der Waals surface area contributed by atoms with Gasteiger partial charge in [-0.15, -0.1) is 0 Å². The van der Waals surface area contributed by atoms with Crippen LogP contribution in [0.5, 0.6) is 11.5 Å². The quantitative estimate of drug-likeness (QED) is 0.180. The van der Waals surface area contributed by atoms with Crippen LogP contribution in [0.1, 0.15) is 51.4 Å². The minimum Gasteiger partial charge on any atom is -0.497 e. The summed E-state index contributed by atoms with van der Waals surface area (Å²) in [6.07, 6.45) is 0.929. The molecular formula is C34H34F2N2O6. The Morgan fingerprint density at radius 3 is 2.25 bits per heavy atom. The lowest BCUT2D eigenvalue weighted by molar-refractivity contribution is 0.0721. The van der Waals surface area contributed by atoms with Crippen molar-refractivity contribution in [3.05, 3.63) is 129 Å². The minimum atomic E-state index is -0.831. The summed E-state index contributed by atoms with van der Waals surface area (Å²) in [6.45, 7) is 2.93. The number of aromatic nitrogens is 1. The van der Waals surface area contributed by atoms with Gasteiger partial charge in [0.2, 0.25) is 5.43 Å². The predicted molar refractivity (Wildman–Crippen MR) is 161 cm³/mol. The highest BCUT2D eigenvalue weighted by molar-refractivity contribution is 5.98. The highest BCUT2D eigenvalue weighted by atomic mass is 19.1. The molecule has 44 heavy (non-hydrogen) atoms. The van der Waals surface area contributed by atoms with E-state index in [1.165, 1.54) is 42.9 Å². The van der Waals surface area contributed by atoms with E-state index in [4.69, 9.17) is 14.2 Å². The van der Waals surface area contributed by atoms with Crippen molar-refractivity contribution in [1.29, 1.82) is 0 Å². The third-order valence-corrected chi connectivity index (χ3v) is 7.08. The first kappa shape index (κ1) is 32.1. The first-order valence-electron chi connectivity index (χ1n) is 13.9.